The number of nitrogens with two attached hydrogens (primary N) is 1. The molecule has 0 aliphatic carbocycles. The lowest BCUT2D eigenvalue weighted by atomic mass is 10.0. The maximum absolute atomic E-state index is 12.5. The lowest BCUT2D eigenvalue weighted by Gasteiger charge is -2.22. The fourth-order valence-electron chi connectivity index (χ4n) is 3.36. The molecule has 1 unspecified atom stereocenters. The zero-order chi connectivity index (χ0) is 21.4. The normalized spacial score (nSPS) is 24.6. The largest absolute Gasteiger partial charge is 0.479 e. The minimum atomic E-state index is -1.58. The number of carboxylic acids is 1. The number of rotatable bonds is 5. The second-order valence-electron chi connectivity index (χ2n) is 6.71. The number of carbonyl (C=O) groups is 2. The molecule has 12 heteroatoms. The number of ether oxygens (including phenoxy) is 1. The number of anilines is 1. The van der Waals surface area contributed by atoms with E-state index in [-0.39, 0.29) is 17.0 Å². The van der Waals surface area contributed by atoms with Crippen LogP contribution in [0.3, 0.4) is 0 Å². The average Bonchev–Trinajstić information content (AvgIpc) is 3.30. The number of carbonyl (C=O) groups excluding carboxylic acids is 1. The average molecular weight is 414 g/mol. The second-order valence-corrected chi connectivity index (χ2v) is 6.71. The third-order valence-electron chi connectivity index (χ3n) is 4.85. The Balaban J connectivity index is 1.60. The number of nitrogen functional groups attached to an aromatic ring is 1. The summed E-state index contributed by atoms with van der Waals surface area (Å²) in [5, 5.41) is 32.9. The molecule has 156 valence electrons. The summed E-state index contributed by atoms with van der Waals surface area (Å²) in [6, 6.07) is 6.77. The molecule has 1 aromatic carbocycles. The highest BCUT2D eigenvalue weighted by Gasteiger charge is 2.50. The molecule has 0 bridgehead atoms. The van der Waals surface area contributed by atoms with Crippen LogP contribution in [0, 0.1) is 0 Å². The van der Waals surface area contributed by atoms with Crippen LogP contribution in [-0.4, -0.2) is 65.0 Å². The van der Waals surface area contributed by atoms with Gasteiger partial charge in [0.2, 0.25) is 0 Å². The molecular weight excluding hydrogens is 396 g/mol. The standard InChI is InChI=1S/C18H18N6O6/c19-14-10-15(21-6-20-14)24(7-22-10)17-12(26)9(13(30-17)18(28)29)23-16(27)11(25)8-4-2-1-3-5-8/h1-7,9,11-13,17,25-26H,(H,23,27)(H,28,29)(H2,19,20,21)/t9-,11?,12+,13-,17+/m0/s1. The molecule has 1 aliphatic rings. The number of nitrogens with one attached hydrogen (secondary N) is 1. The van der Waals surface area contributed by atoms with Crippen molar-refractivity contribution in [2.45, 2.75) is 30.6 Å². The molecule has 1 fully saturated rings. The number of nitrogens with zero attached hydrogens (tertiary/aromatic N) is 4. The number of carboxylic acid groups (broad SMARTS) is 1. The lowest BCUT2D eigenvalue weighted by molar-refractivity contribution is -0.152. The molecule has 1 aliphatic heterocycles. The molecule has 0 radical (unpaired) electrons. The Morgan fingerprint density at radius 1 is 1.20 bits per heavy atom. The first-order chi connectivity index (χ1) is 14.4. The van der Waals surface area contributed by atoms with Gasteiger partial charge in [-0.05, 0) is 5.56 Å². The van der Waals surface area contributed by atoms with Crippen LogP contribution < -0.4 is 11.1 Å². The molecule has 6 N–H and O–H groups in total. The molecule has 1 amide bonds. The quantitative estimate of drug-likeness (QED) is 0.345. The van der Waals surface area contributed by atoms with Crippen LogP contribution >= 0.6 is 0 Å². The van der Waals surface area contributed by atoms with Gasteiger partial charge in [0, 0.05) is 0 Å². The van der Waals surface area contributed by atoms with E-state index in [4.69, 9.17) is 10.5 Å². The van der Waals surface area contributed by atoms with Crippen LogP contribution in [0.2, 0.25) is 0 Å². The first kappa shape index (κ1) is 19.7. The van der Waals surface area contributed by atoms with Gasteiger partial charge in [-0.3, -0.25) is 9.36 Å². The predicted molar refractivity (Wildman–Crippen MR) is 101 cm³/mol. The van der Waals surface area contributed by atoms with E-state index in [2.05, 4.69) is 20.3 Å². The third-order valence-corrected chi connectivity index (χ3v) is 4.85. The number of imidazole rings is 1. The monoisotopic (exact) mass is 414 g/mol. The smallest absolute Gasteiger partial charge is 0.335 e. The number of aromatic nitrogens is 4. The Labute approximate surface area is 169 Å². The van der Waals surface area contributed by atoms with Gasteiger partial charge in [-0.15, -0.1) is 0 Å². The number of hydrogen-bond donors (Lipinski definition) is 5. The Morgan fingerprint density at radius 2 is 1.93 bits per heavy atom. The number of hydrogen-bond acceptors (Lipinski definition) is 9. The van der Waals surface area contributed by atoms with Gasteiger partial charge in [0.05, 0.1) is 12.4 Å². The molecule has 30 heavy (non-hydrogen) atoms. The topological polar surface area (TPSA) is 186 Å². The summed E-state index contributed by atoms with van der Waals surface area (Å²) in [6.07, 6.45) is -3.34. The SMILES string of the molecule is Nc1ncnc2c1ncn2[C@@H]1O[C@H](C(=O)O)[C@@H](NC(=O)C(O)c2ccccc2)[C@H]1O. The van der Waals surface area contributed by atoms with Crippen molar-refractivity contribution in [3.8, 4) is 0 Å². The van der Waals surface area contributed by atoms with E-state index >= 15 is 0 Å². The van der Waals surface area contributed by atoms with Gasteiger partial charge in [0.25, 0.3) is 5.91 Å². The maximum atomic E-state index is 12.5. The van der Waals surface area contributed by atoms with Crippen LogP contribution in [0.25, 0.3) is 11.2 Å². The molecular formula is C18H18N6O6. The Hall–Kier alpha value is -3.61. The first-order valence-electron chi connectivity index (χ1n) is 8.91. The molecule has 1 saturated heterocycles. The highest BCUT2D eigenvalue weighted by molar-refractivity contribution is 5.84. The van der Waals surface area contributed by atoms with Crippen molar-refractivity contribution < 1.29 is 29.6 Å². The van der Waals surface area contributed by atoms with Gasteiger partial charge in [0.1, 0.15) is 17.9 Å². The summed E-state index contributed by atoms with van der Waals surface area (Å²) in [5.74, 6) is -2.16. The van der Waals surface area contributed by atoms with E-state index in [1.807, 2.05) is 0 Å². The zero-order valence-electron chi connectivity index (χ0n) is 15.4. The van der Waals surface area contributed by atoms with E-state index in [1.54, 1.807) is 30.3 Å². The summed E-state index contributed by atoms with van der Waals surface area (Å²) in [6.45, 7) is 0. The van der Waals surface area contributed by atoms with Gasteiger partial charge in [-0.1, -0.05) is 30.3 Å². The highest BCUT2D eigenvalue weighted by Crippen LogP contribution is 2.32. The van der Waals surface area contributed by atoms with Crippen molar-refractivity contribution in [1.29, 1.82) is 0 Å². The Bertz CT molecular complexity index is 1090. The molecule has 4 rings (SSSR count). The van der Waals surface area contributed by atoms with Crippen LogP contribution in [-0.2, 0) is 14.3 Å². The number of aliphatic hydroxyl groups excluding tert-OH is 2. The molecule has 3 heterocycles. The maximum Gasteiger partial charge on any atom is 0.335 e. The number of aliphatic carboxylic acids is 1. The fraction of sp³-hybridized carbons (Fsp3) is 0.278. The summed E-state index contributed by atoms with van der Waals surface area (Å²) < 4.78 is 6.82. The van der Waals surface area contributed by atoms with E-state index in [0.29, 0.717) is 5.56 Å². The van der Waals surface area contributed by atoms with Gasteiger partial charge >= 0.3 is 5.97 Å². The minimum absolute atomic E-state index is 0.108. The van der Waals surface area contributed by atoms with Crippen molar-refractivity contribution in [2.24, 2.45) is 0 Å². The molecule has 0 saturated carbocycles. The summed E-state index contributed by atoms with van der Waals surface area (Å²) in [5.41, 5.74) is 6.56. The number of aliphatic hydroxyl groups is 2. The fourth-order valence-corrected chi connectivity index (χ4v) is 3.36. The van der Waals surface area contributed by atoms with E-state index in [9.17, 15) is 24.9 Å². The second kappa shape index (κ2) is 7.67. The molecule has 5 atom stereocenters. The van der Waals surface area contributed by atoms with Crippen molar-refractivity contribution in [2.75, 3.05) is 5.73 Å². The van der Waals surface area contributed by atoms with Crippen LogP contribution in [0.1, 0.15) is 17.9 Å². The number of benzene rings is 1. The highest BCUT2D eigenvalue weighted by atomic mass is 16.6. The molecule has 3 aromatic rings. The van der Waals surface area contributed by atoms with Crippen LogP contribution in [0.5, 0.6) is 0 Å². The molecule has 0 spiro atoms. The van der Waals surface area contributed by atoms with E-state index < -0.39 is 42.5 Å². The van der Waals surface area contributed by atoms with E-state index in [0.717, 1.165) is 0 Å². The van der Waals surface area contributed by atoms with Gasteiger partial charge < -0.3 is 31.1 Å². The van der Waals surface area contributed by atoms with Gasteiger partial charge in [0.15, 0.2) is 29.9 Å². The predicted octanol–water partition coefficient (Wildman–Crippen LogP) is -1.03. The van der Waals surface area contributed by atoms with Gasteiger partial charge in [-0.2, -0.15) is 0 Å². The van der Waals surface area contributed by atoms with Crippen molar-refractivity contribution in [3.05, 3.63) is 48.5 Å². The number of fused-ring (bicyclic) bond motifs is 1. The number of amides is 1. The molecule has 12 nitrogen and oxygen atoms in total. The summed E-state index contributed by atoms with van der Waals surface area (Å²) in [7, 11) is 0. The zero-order valence-corrected chi connectivity index (χ0v) is 15.4. The third kappa shape index (κ3) is 3.32. The van der Waals surface area contributed by atoms with Crippen molar-refractivity contribution >= 4 is 28.9 Å². The summed E-state index contributed by atoms with van der Waals surface area (Å²) >= 11 is 0. The lowest BCUT2D eigenvalue weighted by Crippen LogP contribution is -2.51. The summed E-state index contributed by atoms with van der Waals surface area (Å²) in [4.78, 5) is 36.1. The van der Waals surface area contributed by atoms with Crippen molar-refractivity contribution in [3.63, 3.8) is 0 Å². The van der Waals surface area contributed by atoms with Crippen LogP contribution in [0.15, 0.2) is 43.0 Å². The Morgan fingerprint density at radius 3 is 2.63 bits per heavy atom. The Kier molecular flexibility index (Phi) is 5.03. The first-order valence-corrected chi connectivity index (χ1v) is 8.91. The van der Waals surface area contributed by atoms with Crippen LogP contribution in [0.4, 0.5) is 5.82 Å². The van der Waals surface area contributed by atoms with Gasteiger partial charge in [-0.25, -0.2) is 19.7 Å². The minimum Gasteiger partial charge on any atom is -0.479 e. The van der Waals surface area contributed by atoms with E-state index in [1.165, 1.54) is 17.2 Å². The van der Waals surface area contributed by atoms with Crippen molar-refractivity contribution in [1.82, 2.24) is 24.8 Å². The molecule has 2 aromatic heterocycles.